The minimum absolute atomic E-state index is 0.302. The van der Waals surface area contributed by atoms with Gasteiger partial charge in [-0.3, -0.25) is 4.79 Å². The molecule has 0 N–H and O–H groups in total. The number of esters is 2. The molecule has 0 aromatic rings. The fraction of sp³-hybridized carbons (Fsp3) is 0.500. The Hall–Kier alpha value is -1.12. The molecule has 0 unspecified atom stereocenters. The van der Waals surface area contributed by atoms with Crippen molar-refractivity contribution in [2.75, 3.05) is 0 Å². The predicted octanol–water partition coefficient (Wildman–Crippen LogP) is 1.43. The predicted molar refractivity (Wildman–Crippen MR) is 40.8 cm³/mol. The molecular weight excluding hydrogens is 144 g/mol. The molecule has 0 heterocycles. The summed E-state index contributed by atoms with van der Waals surface area (Å²) in [6, 6.07) is 0. The highest BCUT2D eigenvalue weighted by Crippen LogP contribution is 1.96. The topological polar surface area (TPSA) is 43.4 Å². The van der Waals surface area contributed by atoms with Crippen LogP contribution in [0.5, 0.6) is 0 Å². The van der Waals surface area contributed by atoms with Crippen LogP contribution in [0, 0.1) is 0 Å². The van der Waals surface area contributed by atoms with E-state index >= 15 is 0 Å². The highest BCUT2D eigenvalue weighted by Gasteiger charge is 2.04. The van der Waals surface area contributed by atoms with Gasteiger partial charge in [-0.1, -0.05) is 19.9 Å². The molecule has 0 atom stereocenters. The second-order valence-corrected chi connectivity index (χ2v) is 2.10. The largest absolute Gasteiger partial charge is 0.390 e. The smallest absolute Gasteiger partial charge is 0.337 e. The van der Waals surface area contributed by atoms with E-state index in [4.69, 9.17) is 0 Å². The Labute approximate surface area is 66.0 Å². The summed E-state index contributed by atoms with van der Waals surface area (Å²) in [6.45, 7) is 5.13. The Balaban J connectivity index is 3.52. The zero-order chi connectivity index (χ0) is 8.69. The maximum Gasteiger partial charge on any atom is 0.337 e. The van der Waals surface area contributed by atoms with Crippen molar-refractivity contribution in [2.45, 2.75) is 26.2 Å². The van der Waals surface area contributed by atoms with E-state index in [2.05, 4.69) is 11.3 Å². The van der Waals surface area contributed by atoms with Crippen LogP contribution in [0.25, 0.3) is 0 Å². The van der Waals surface area contributed by atoms with Gasteiger partial charge < -0.3 is 4.74 Å². The summed E-state index contributed by atoms with van der Waals surface area (Å²) in [5.41, 5.74) is 0. The Kier molecular flexibility index (Phi) is 5.07. The number of hydrogen-bond acceptors (Lipinski definition) is 3. The lowest BCUT2D eigenvalue weighted by molar-refractivity contribution is -0.156. The van der Waals surface area contributed by atoms with Crippen molar-refractivity contribution < 1.29 is 14.3 Å². The van der Waals surface area contributed by atoms with Crippen LogP contribution < -0.4 is 0 Å². The molecule has 0 amide bonds. The molecule has 11 heavy (non-hydrogen) atoms. The maximum atomic E-state index is 10.7. The maximum absolute atomic E-state index is 10.7. The minimum Gasteiger partial charge on any atom is -0.390 e. The molecule has 0 fully saturated rings. The van der Waals surface area contributed by atoms with Crippen molar-refractivity contribution in [3.05, 3.63) is 12.7 Å². The van der Waals surface area contributed by atoms with Crippen LogP contribution in [0.2, 0.25) is 0 Å². The number of hydrogen-bond donors (Lipinski definition) is 0. The van der Waals surface area contributed by atoms with Crippen LogP contribution in [0.4, 0.5) is 0 Å². The van der Waals surface area contributed by atoms with E-state index in [-0.39, 0.29) is 0 Å². The first-order valence-corrected chi connectivity index (χ1v) is 3.57. The fourth-order valence-corrected chi connectivity index (χ4v) is 0.526. The molecule has 62 valence electrons. The Bertz CT molecular complexity index is 161. The highest BCUT2D eigenvalue weighted by atomic mass is 16.6. The highest BCUT2D eigenvalue weighted by molar-refractivity contribution is 5.91. The zero-order valence-corrected chi connectivity index (χ0v) is 6.63. The molecule has 0 rings (SSSR count). The van der Waals surface area contributed by atoms with Crippen molar-refractivity contribution in [2.24, 2.45) is 0 Å². The number of ether oxygens (including phenoxy) is 1. The lowest BCUT2D eigenvalue weighted by Crippen LogP contribution is -2.08. The molecule has 0 aromatic carbocycles. The summed E-state index contributed by atoms with van der Waals surface area (Å²) in [4.78, 5) is 21.1. The Morgan fingerprint density at radius 2 is 2.18 bits per heavy atom. The molecule has 0 aliphatic rings. The number of unbranched alkanes of at least 4 members (excludes halogenated alkanes) is 1. The van der Waals surface area contributed by atoms with Gasteiger partial charge in [0, 0.05) is 12.5 Å². The molecular formula is C8H12O3. The van der Waals surface area contributed by atoms with Gasteiger partial charge in [-0.15, -0.1) is 0 Å². The molecule has 0 aromatic heterocycles. The fourth-order valence-electron chi connectivity index (χ4n) is 0.526. The number of rotatable bonds is 4. The summed E-state index contributed by atoms with van der Waals surface area (Å²) in [7, 11) is 0. The SMILES string of the molecule is C=CC(=O)OC(=O)CCCC. The van der Waals surface area contributed by atoms with Crippen molar-refractivity contribution in [3.8, 4) is 0 Å². The molecule has 3 nitrogen and oxygen atoms in total. The normalized spacial score (nSPS) is 8.82. The second-order valence-electron chi connectivity index (χ2n) is 2.10. The molecule has 0 aliphatic carbocycles. The van der Waals surface area contributed by atoms with Gasteiger partial charge in [0.1, 0.15) is 0 Å². The third-order valence-electron chi connectivity index (χ3n) is 1.12. The minimum atomic E-state index is -0.675. The second kappa shape index (κ2) is 5.65. The van der Waals surface area contributed by atoms with Crippen LogP contribution in [0.1, 0.15) is 26.2 Å². The Morgan fingerprint density at radius 3 is 2.64 bits per heavy atom. The molecule has 3 heteroatoms. The third kappa shape index (κ3) is 5.33. The van der Waals surface area contributed by atoms with Gasteiger partial charge in [0.15, 0.2) is 0 Å². The van der Waals surface area contributed by atoms with Crippen LogP contribution in [0.3, 0.4) is 0 Å². The van der Waals surface area contributed by atoms with Crippen molar-refractivity contribution in [3.63, 3.8) is 0 Å². The quantitative estimate of drug-likeness (QED) is 0.351. The van der Waals surface area contributed by atoms with Crippen LogP contribution in [0.15, 0.2) is 12.7 Å². The molecule has 0 saturated heterocycles. The first-order chi connectivity index (χ1) is 5.20. The van der Waals surface area contributed by atoms with Crippen molar-refractivity contribution in [1.29, 1.82) is 0 Å². The summed E-state index contributed by atoms with van der Waals surface area (Å²) in [5, 5.41) is 0. The van der Waals surface area contributed by atoms with E-state index < -0.39 is 11.9 Å². The van der Waals surface area contributed by atoms with E-state index in [0.717, 1.165) is 18.9 Å². The average Bonchev–Trinajstić information content (AvgIpc) is 2.00. The van der Waals surface area contributed by atoms with E-state index in [0.29, 0.717) is 6.42 Å². The van der Waals surface area contributed by atoms with Crippen molar-refractivity contribution >= 4 is 11.9 Å². The van der Waals surface area contributed by atoms with E-state index in [1.807, 2.05) is 6.92 Å². The average molecular weight is 156 g/mol. The van der Waals surface area contributed by atoms with Crippen molar-refractivity contribution in [1.82, 2.24) is 0 Å². The standard InChI is InChI=1S/C8H12O3/c1-3-5-6-8(10)11-7(9)4-2/h4H,2-3,5-6H2,1H3. The van der Waals surface area contributed by atoms with Crippen LogP contribution in [-0.2, 0) is 14.3 Å². The summed E-state index contributed by atoms with van der Waals surface area (Å²) in [6.07, 6.45) is 2.95. The molecule has 0 spiro atoms. The van der Waals surface area contributed by atoms with Gasteiger partial charge in [0.05, 0.1) is 0 Å². The lowest BCUT2D eigenvalue weighted by atomic mass is 10.2. The van der Waals surface area contributed by atoms with Gasteiger partial charge in [-0.2, -0.15) is 0 Å². The van der Waals surface area contributed by atoms with E-state index in [9.17, 15) is 9.59 Å². The first kappa shape index (κ1) is 9.88. The van der Waals surface area contributed by atoms with Crippen LogP contribution in [-0.4, -0.2) is 11.9 Å². The van der Waals surface area contributed by atoms with Crippen LogP contribution >= 0.6 is 0 Å². The summed E-state index contributed by atoms with van der Waals surface area (Å²) in [5.74, 6) is -1.15. The summed E-state index contributed by atoms with van der Waals surface area (Å²) >= 11 is 0. The third-order valence-corrected chi connectivity index (χ3v) is 1.12. The van der Waals surface area contributed by atoms with E-state index in [1.165, 1.54) is 0 Å². The molecule has 0 radical (unpaired) electrons. The van der Waals surface area contributed by atoms with E-state index in [1.54, 1.807) is 0 Å². The molecule has 0 bridgehead atoms. The monoisotopic (exact) mass is 156 g/mol. The van der Waals surface area contributed by atoms with Gasteiger partial charge >= 0.3 is 11.9 Å². The summed E-state index contributed by atoms with van der Waals surface area (Å²) < 4.78 is 4.31. The first-order valence-electron chi connectivity index (χ1n) is 3.57. The molecule has 0 aliphatic heterocycles. The van der Waals surface area contributed by atoms with Gasteiger partial charge in [-0.25, -0.2) is 4.79 Å². The zero-order valence-electron chi connectivity index (χ0n) is 6.63. The van der Waals surface area contributed by atoms with Gasteiger partial charge in [0.2, 0.25) is 0 Å². The Morgan fingerprint density at radius 1 is 1.55 bits per heavy atom. The van der Waals surface area contributed by atoms with Gasteiger partial charge in [0.25, 0.3) is 0 Å². The molecule has 0 saturated carbocycles. The lowest BCUT2D eigenvalue weighted by Gasteiger charge is -1.97. The van der Waals surface area contributed by atoms with Gasteiger partial charge in [-0.05, 0) is 6.42 Å². The number of carbonyl (C=O) groups excluding carboxylic acids is 2. The number of carbonyl (C=O) groups is 2.